The Labute approximate surface area is 133 Å². The second-order valence-corrected chi connectivity index (χ2v) is 4.95. The van der Waals surface area contributed by atoms with Gasteiger partial charge < -0.3 is 5.11 Å². The van der Waals surface area contributed by atoms with Crippen LogP contribution in [0.15, 0.2) is 73.3 Å². The molecule has 4 nitrogen and oxygen atoms in total. The van der Waals surface area contributed by atoms with E-state index in [1.165, 1.54) is 0 Å². The second-order valence-electron chi connectivity index (χ2n) is 4.95. The van der Waals surface area contributed by atoms with E-state index in [9.17, 15) is 4.79 Å². The molecule has 0 aliphatic carbocycles. The number of aliphatic carboxylic acids is 1. The molecule has 0 atom stereocenters. The third kappa shape index (κ3) is 3.49. The van der Waals surface area contributed by atoms with E-state index < -0.39 is 5.97 Å². The van der Waals surface area contributed by atoms with Crippen LogP contribution in [0.4, 0.5) is 0 Å². The normalized spacial score (nSPS) is 10.8. The number of carbonyl (C=O) groups is 1. The number of nitrogens with zero attached hydrogens (tertiary/aromatic N) is 2. The first kappa shape index (κ1) is 14.7. The molecule has 4 heteroatoms. The summed E-state index contributed by atoms with van der Waals surface area (Å²) >= 11 is 0. The fraction of sp³-hybridized carbons (Fsp3) is 0. The summed E-state index contributed by atoms with van der Waals surface area (Å²) in [7, 11) is 0. The van der Waals surface area contributed by atoms with Crippen LogP contribution in [0.1, 0.15) is 5.56 Å². The van der Waals surface area contributed by atoms with E-state index >= 15 is 0 Å². The zero-order chi connectivity index (χ0) is 16.1. The van der Waals surface area contributed by atoms with Crippen LogP contribution in [0.2, 0.25) is 0 Å². The number of rotatable bonds is 4. The van der Waals surface area contributed by atoms with Crippen molar-refractivity contribution in [2.75, 3.05) is 0 Å². The lowest BCUT2D eigenvalue weighted by Crippen LogP contribution is -1.89. The van der Waals surface area contributed by atoms with Crippen LogP contribution in [0.3, 0.4) is 0 Å². The number of carboxylic acids is 1. The van der Waals surface area contributed by atoms with Gasteiger partial charge in [-0.25, -0.2) is 4.79 Å². The van der Waals surface area contributed by atoms with Gasteiger partial charge in [-0.15, -0.1) is 0 Å². The average molecular weight is 302 g/mol. The van der Waals surface area contributed by atoms with E-state index in [1.807, 2.05) is 42.5 Å². The first-order valence-electron chi connectivity index (χ1n) is 7.10. The molecule has 0 saturated heterocycles. The molecule has 2 heterocycles. The van der Waals surface area contributed by atoms with Crippen molar-refractivity contribution in [3.05, 3.63) is 78.9 Å². The van der Waals surface area contributed by atoms with Gasteiger partial charge in [0.1, 0.15) is 0 Å². The highest BCUT2D eigenvalue weighted by atomic mass is 16.4. The average Bonchev–Trinajstić information content (AvgIpc) is 2.61. The van der Waals surface area contributed by atoms with Crippen LogP contribution in [-0.4, -0.2) is 21.0 Å². The van der Waals surface area contributed by atoms with Gasteiger partial charge in [0.25, 0.3) is 0 Å². The molecule has 1 aromatic carbocycles. The monoisotopic (exact) mass is 302 g/mol. The van der Waals surface area contributed by atoms with Crippen molar-refractivity contribution in [2.24, 2.45) is 0 Å². The molecule has 0 aliphatic heterocycles. The standard InChI is InChI=1S/C19H14N2O2/c22-19(23)4-3-15-1-2-17(14-5-9-20-10-6-14)13-18(15)16-7-11-21-12-8-16/h1-13H,(H,22,23)/b4-3+. The summed E-state index contributed by atoms with van der Waals surface area (Å²) in [4.78, 5) is 18.9. The van der Waals surface area contributed by atoms with Crippen LogP contribution in [0.25, 0.3) is 28.3 Å². The van der Waals surface area contributed by atoms with Gasteiger partial charge in [-0.3, -0.25) is 9.97 Å². The fourth-order valence-electron chi connectivity index (χ4n) is 2.37. The molecule has 23 heavy (non-hydrogen) atoms. The predicted molar refractivity (Wildman–Crippen MR) is 89.6 cm³/mol. The summed E-state index contributed by atoms with van der Waals surface area (Å²) in [5.74, 6) is -0.969. The smallest absolute Gasteiger partial charge is 0.328 e. The molecule has 1 N–H and O–H groups in total. The SMILES string of the molecule is O=C(O)/C=C/c1ccc(-c2ccncc2)cc1-c1ccncc1. The highest BCUT2D eigenvalue weighted by molar-refractivity contribution is 5.88. The molecule has 112 valence electrons. The Morgan fingerprint density at radius 2 is 1.43 bits per heavy atom. The molecule has 0 saturated carbocycles. The van der Waals surface area contributed by atoms with E-state index in [2.05, 4.69) is 9.97 Å². The maximum absolute atomic E-state index is 10.8. The van der Waals surface area contributed by atoms with Gasteiger partial charge in [0.15, 0.2) is 0 Å². The summed E-state index contributed by atoms with van der Waals surface area (Å²) in [6, 6.07) is 13.6. The van der Waals surface area contributed by atoms with Crippen LogP contribution in [0, 0.1) is 0 Å². The van der Waals surface area contributed by atoms with Crippen molar-refractivity contribution >= 4 is 12.0 Å². The van der Waals surface area contributed by atoms with Gasteiger partial charge >= 0.3 is 5.97 Å². The first-order valence-corrected chi connectivity index (χ1v) is 7.10. The molecule has 0 bridgehead atoms. The molecule has 3 aromatic rings. The zero-order valence-corrected chi connectivity index (χ0v) is 12.3. The molecule has 0 unspecified atom stereocenters. The minimum atomic E-state index is -0.969. The van der Waals surface area contributed by atoms with Crippen molar-refractivity contribution in [2.45, 2.75) is 0 Å². The molecular weight excluding hydrogens is 288 g/mol. The lowest BCUT2D eigenvalue weighted by molar-refractivity contribution is -0.131. The molecule has 0 spiro atoms. The fourth-order valence-corrected chi connectivity index (χ4v) is 2.37. The summed E-state index contributed by atoms with van der Waals surface area (Å²) in [5.41, 5.74) is 4.90. The number of carboxylic acid groups (broad SMARTS) is 1. The Bertz CT molecular complexity index is 844. The number of aromatic nitrogens is 2. The van der Waals surface area contributed by atoms with Crippen molar-refractivity contribution in [3.63, 3.8) is 0 Å². The van der Waals surface area contributed by atoms with Gasteiger partial charge in [-0.1, -0.05) is 12.1 Å². The molecule has 0 radical (unpaired) electrons. The second kappa shape index (κ2) is 6.66. The molecule has 0 amide bonds. The lowest BCUT2D eigenvalue weighted by atomic mass is 9.95. The lowest BCUT2D eigenvalue weighted by Gasteiger charge is -2.10. The summed E-state index contributed by atoms with van der Waals surface area (Å²) in [6.45, 7) is 0. The molecular formula is C19H14N2O2. The highest BCUT2D eigenvalue weighted by Gasteiger charge is 2.06. The summed E-state index contributed by atoms with van der Waals surface area (Å²) < 4.78 is 0. The number of pyridine rings is 2. The highest BCUT2D eigenvalue weighted by Crippen LogP contribution is 2.30. The Kier molecular flexibility index (Phi) is 4.25. The van der Waals surface area contributed by atoms with E-state index in [1.54, 1.807) is 30.9 Å². The minimum Gasteiger partial charge on any atom is -0.478 e. The van der Waals surface area contributed by atoms with Crippen molar-refractivity contribution in [3.8, 4) is 22.3 Å². The summed E-state index contributed by atoms with van der Waals surface area (Å²) in [6.07, 6.45) is 9.69. The molecule has 0 aliphatic rings. The molecule has 0 fully saturated rings. The van der Waals surface area contributed by atoms with Crippen LogP contribution in [-0.2, 0) is 4.79 Å². The van der Waals surface area contributed by atoms with Crippen LogP contribution in [0.5, 0.6) is 0 Å². The van der Waals surface area contributed by atoms with Crippen LogP contribution < -0.4 is 0 Å². The maximum atomic E-state index is 10.8. The number of hydrogen-bond donors (Lipinski definition) is 1. The number of benzene rings is 1. The van der Waals surface area contributed by atoms with Gasteiger partial charge in [-0.05, 0) is 64.2 Å². The molecule has 2 aromatic heterocycles. The quantitative estimate of drug-likeness (QED) is 0.742. The maximum Gasteiger partial charge on any atom is 0.328 e. The number of hydrogen-bond acceptors (Lipinski definition) is 3. The van der Waals surface area contributed by atoms with E-state index in [0.29, 0.717) is 0 Å². The van der Waals surface area contributed by atoms with E-state index in [0.717, 1.165) is 33.9 Å². The Morgan fingerprint density at radius 1 is 0.826 bits per heavy atom. The predicted octanol–water partition coefficient (Wildman–Crippen LogP) is 3.91. The van der Waals surface area contributed by atoms with E-state index in [-0.39, 0.29) is 0 Å². The Morgan fingerprint density at radius 3 is 2.04 bits per heavy atom. The third-order valence-corrected chi connectivity index (χ3v) is 3.46. The van der Waals surface area contributed by atoms with Crippen molar-refractivity contribution in [1.82, 2.24) is 9.97 Å². The zero-order valence-electron chi connectivity index (χ0n) is 12.3. The van der Waals surface area contributed by atoms with Gasteiger partial charge in [0.2, 0.25) is 0 Å². The minimum absolute atomic E-state index is 0.844. The first-order chi connectivity index (χ1) is 11.2. The largest absolute Gasteiger partial charge is 0.478 e. The third-order valence-electron chi connectivity index (χ3n) is 3.46. The van der Waals surface area contributed by atoms with Gasteiger partial charge in [0.05, 0.1) is 0 Å². The van der Waals surface area contributed by atoms with Gasteiger partial charge in [0, 0.05) is 30.9 Å². The summed E-state index contributed by atoms with van der Waals surface area (Å²) in [5, 5.41) is 8.87. The Hall–Kier alpha value is -3.27. The Balaban J connectivity index is 2.13. The van der Waals surface area contributed by atoms with Gasteiger partial charge in [-0.2, -0.15) is 0 Å². The van der Waals surface area contributed by atoms with Crippen molar-refractivity contribution < 1.29 is 9.90 Å². The van der Waals surface area contributed by atoms with Crippen molar-refractivity contribution in [1.29, 1.82) is 0 Å². The van der Waals surface area contributed by atoms with Crippen LogP contribution >= 0.6 is 0 Å². The van der Waals surface area contributed by atoms with E-state index in [4.69, 9.17) is 5.11 Å². The molecule has 3 rings (SSSR count). The topological polar surface area (TPSA) is 63.1 Å².